The summed E-state index contributed by atoms with van der Waals surface area (Å²) in [5.74, 6) is 0. The average Bonchev–Trinajstić information content (AvgIpc) is 2.43. The van der Waals surface area contributed by atoms with Gasteiger partial charge in [-0.15, -0.1) is 0 Å². The van der Waals surface area contributed by atoms with E-state index in [1.807, 2.05) is 13.8 Å². The molecule has 0 aromatic carbocycles. The number of aromatic nitrogens is 2. The monoisotopic (exact) mass is 168 g/mol. The Kier molecular flexibility index (Phi) is 2.99. The zero-order chi connectivity index (χ0) is 8.97. The number of carbonyl (C=O) groups excluding carboxylic acids is 1. The van der Waals surface area contributed by atoms with Crippen LogP contribution in [-0.4, -0.2) is 22.7 Å². The largest absolute Gasteiger partial charge is 0.360 e. The van der Waals surface area contributed by atoms with E-state index in [1.54, 1.807) is 10.9 Å². The predicted octanol–water partition coefficient (Wildman–Crippen LogP) is 0.998. The zero-order valence-corrected chi connectivity index (χ0v) is 7.28. The first kappa shape index (κ1) is 8.93. The van der Waals surface area contributed by atoms with E-state index < -0.39 is 0 Å². The molecule has 0 amide bonds. The van der Waals surface area contributed by atoms with Crippen molar-refractivity contribution in [2.24, 2.45) is 0 Å². The molecule has 1 aromatic heterocycles. The Balaban J connectivity index is 2.77. The van der Waals surface area contributed by atoms with Gasteiger partial charge < -0.3 is 4.74 Å². The van der Waals surface area contributed by atoms with E-state index >= 15 is 0 Å². The third kappa shape index (κ3) is 1.71. The van der Waals surface area contributed by atoms with Crippen molar-refractivity contribution in [3.63, 3.8) is 0 Å². The SMILES string of the molecule is CCOCn1ncc(C)c1C=O. The van der Waals surface area contributed by atoms with Crippen molar-refractivity contribution in [2.75, 3.05) is 6.61 Å². The van der Waals surface area contributed by atoms with E-state index in [4.69, 9.17) is 4.74 Å². The van der Waals surface area contributed by atoms with Crippen LogP contribution < -0.4 is 0 Å². The normalized spacial score (nSPS) is 10.2. The number of ether oxygens (including phenoxy) is 1. The first-order valence-corrected chi connectivity index (χ1v) is 3.85. The van der Waals surface area contributed by atoms with Crippen molar-refractivity contribution in [3.8, 4) is 0 Å². The lowest BCUT2D eigenvalue weighted by Gasteiger charge is -2.02. The summed E-state index contributed by atoms with van der Waals surface area (Å²) >= 11 is 0. The van der Waals surface area contributed by atoms with E-state index in [-0.39, 0.29) is 0 Å². The van der Waals surface area contributed by atoms with Crippen LogP contribution in [0.5, 0.6) is 0 Å². The van der Waals surface area contributed by atoms with Gasteiger partial charge in [-0.3, -0.25) is 4.79 Å². The van der Waals surface area contributed by atoms with Gasteiger partial charge in [-0.2, -0.15) is 5.10 Å². The highest BCUT2D eigenvalue weighted by atomic mass is 16.5. The molecular formula is C8H12N2O2. The first-order chi connectivity index (χ1) is 5.79. The fourth-order valence-electron chi connectivity index (χ4n) is 0.923. The van der Waals surface area contributed by atoms with Crippen LogP contribution in [-0.2, 0) is 11.5 Å². The van der Waals surface area contributed by atoms with Gasteiger partial charge in [0.15, 0.2) is 6.29 Å². The van der Waals surface area contributed by atoms with Crippen LogP contribution in [0.25, 0.3) is 0 Å². The molecule has 0 atom stereocenters. The van der Waals surface area contributed by atoms with Crippen LogP contribution in [0.2, 0.25) is 0 Å². The number of hydrogen-bond donors (Lipinski definition) is 0. The molecule has 0 fully saturated rings. The topological polar surface area (TPSA) is 44.1 Å². The Morgan fingerprint density at radius 2 is 2.50 bits per heavy atom. The molecule has 0 bridgehead atoms. The highest BCUT2D eigenvalue weighted by Crippen LogP contribution is 2.03. The minimum Gasteiger partial charge on any atom is -0.360 e. The highest BCUT2D eigenvalue weighted by Gasteiger charge is 2.04. The van der Waals surface area contributed by atoms with Crippen molar-refractivity contribution in [1.82, 2.24) is 9.78 Å². The van der Waals surface area contributed by atoms with E-state index in [2.05, 4.69) is 5.10 Å². The number of rotatable bonds is 4. The summed E-state index contributed by atoms with van der Waals surface area (Å²) in [6, 6.07) is 0. The molecular weight excluding hydrogens is 156 g/mol. The Bertz CT molecular complexity index is 268. The number of aryl methyl sites for hydroxylation is 1. The minimum atomic E-state index is 0.346. The van der Waals surface area contributed by atoms with Crippen LogP contribution >= 0.6 is 0 Å². The molecule has 0 aliphatic rings. The number of nitrogens with zero attached hydrogens (tertiary/aromatic N) is 2. The van der Waals surface area contributed by atoms with Gasteiger partial charge in [0, 0.05) is 6.61 Å². The second kappa shape index (κ2) is 4.01. The van der Waals surface area contributed by atoms with Gasteiger partial charge in [0.05, 0.1) is 6.20 Å². The van der Waals surface area contributed by atoms with Crippen LogP contribution in [0.4, 0.5) is 0 Å². The predicted molar refractivity (Wildman–Crippen MR) is 44.0 cm³/mol. The summed E-state index contributed by atoms with van der Waals surface area (Å²) in [7, 11) is 0. The van der Waals surface area contributed by atoms with Gasteiger partial charge in [-0.25, -0.2) is 4.68 Å². The Labute approximate surface area is 71.1 Å². The van der Waals surface area contributed by atoms with Gasteiger partial charge in [-0.1, -0.05) is 0 Å². The van der Waals surface area contributed by atoms with Gasteiger partial charge in [-0.05, 0) is 19.4 Å². The van der Waals surface area contributed by atoms with Crippen molar-refractivity contribution < 1.29 is 9.53 Å². The smallest absolute Gasteiger partial charge is 0.168 e. The number of aldehydes is 1. The third-order valence-electron chi connectivity index (χ3n) is 1.60. The number of hydrogen-bond acceptors (Lipinski definition) is 3. The summed E-state index contributed by atoms with van der Waals surface area (Å²) in [6.45, 7) is 4.71. The summed E-state index contributed by atoms with van der Waals surface area (Å²) < 4.78 is 6.66. The molecule has 4 heteroatoms. The van der Waals surface area contributed by atoms with E-state index in [0.717, 1.165) is 11.8 Å². The molecule has 0 saturated heterocycles. The number of carbonyl (C=O) groups is 1. The fraction of sp³-hybridized carbons (Fsp3) is 0.500. The molecule has 1 aromatic rings. The van der Waals surface area contributed by atoms with Crippen LogP contribution in [0.1, 0.15) is 23.0 Å². The maximum absolute atomic E-state index is 10.6. The summed E-state index contributed by atoms with van der Waals surface area (Å²) in [4.78, 5) is 10.6. The van der Waals surface area contributed by atoms with Gasteiger partial charge in [0.2, 0.25) is 0 Å². The summed E-state index contributed by atoms with van der Waals surface area (Å²) in [5.41, 5.74) is 1.47. The maximum atomic E-state index is 10.6. The van der Waals surface area contributed by atoms with Gasteiger partial charge in [0.25, 0.3) is 0 Å². The highest BCUT2D eigenvalue weighted by molar-refractivity contribution is 5.74. The van der Waals surface area contributed by atoms with Crippen LogP contribution in [0, 0.1) is 6.92 Å². The molecule has 4 nitrogen and oxygen atoms in total. The van der Waals surface area contributed by atoms with Gasteiger partial charge >= 0.3 is 0 Å². The van der Waals surface area contributed by atoms with Crippen molar-refractivity contribution >= 4 is 6.29 Å². The van der Waals surface area contributed by atoms with Crippen LogP contribution in [0.3, 0.4) is 0 Å². The van der Waals surface area contributed by atoms with Crippen molar-refractivity contribution in [3.05, 3.63) is 17.5 Å². The molecule has 0 aliphatic heterocycles. The molecule has 12 heavy (non-hydrogen) atoms. The lowest BCUT2D eigenvalue weighted by Crippen LogP contribution is -2.07. The Hall–Kier alpha value is -1.16. The van der Waals surface area contributed by atoms with E-state index in [1.165, 1.54) is 0 Å². The molecule has 1 rings (SSSR count). The third-order valence-corrected chi connectivity index (χ3v) is 1.60. The molecule has 0 radical (unpaired) electrons. The van der Waals surface area contributed by atoms with Crippen molar-refractivity contribution in [1.29, 1.82) is 0 Å². The Morgan fingerprint density at radius 1 is 1.75 bits per heavy atom. The maximum Gasteiger partial charge on any atom is 0.168 e. The molecule has 0 aliphatic carbocycles. The lowest BCUT2D eigenvalue weighted by molar-refractivity contribution is 0.0758. The molecule has 0 saturated carbocycles. The summed E-state index contributed by atoms with van der Waals surface area (Å²) in [6.07, 6.45) is 2.45. The molecule has 66 valence electrons. The standard InChI is InChI=1S/C8H12N2O2/c1-3-12-6-10-8(5-11)7(2)4-9-10/h4-5H,3,6H2,1-2H3. The van der Waals surface area contributed by atoms with Gasteiger partial charge in [0.1, 0.15) is 12.4 Å². The van der Waals surface area contributed by atoms with E-state index in [0.29, 0.717) is 19.0 Å². The minimum absolute atomic E-state index is 0.346. The Morgan fingerprint density at radius 3 is 3.08 bits per heavy atom. The lowest BCUT2D eigenvalue weighted by atomic mass is 10.3. The zero-order valence-electron chi connectivity index (χ0n) is 7.28. The second-order valence-corrected chi connectivity index (χ2v) is 2.45. The average molecular weight is 168 g/mol. The molecule has 0 unspecified atom stereocenters. The molecule has 1 heterocycles. The quantitative estimate of drug-likeness (QED) is 0.630. The fourth-order valence-corrected chi connectivity index (χ4v) is 0.923. The van der Waals surface area contributed by atoms with Crippen molar-refractivity contribution in [2.45, 2.75) is 20.6 Å². The van der Waals surface area contributed by atoms with Crippen LogP contribution in [0.15, 0.2) is 6.20 Å². The van der Waals surface area contributed by atoms with E-state index in [9.17, 15) is 4.79 Å². The molecule has 0 N–H and O–H groups in total. The first-order valence-electron chi connectivity index (χ1n) is 3.85. The summed E-state index contributed by atoms with van der Waals surface area (Å²) in [5, 5.41) is 3.98. The molecule has 0 spiro atoms. The second-order valence-electron chi connectivity index (χ2n) is 2.45.